The molecule has 0 bridgehead atoms. The van der Waals surface area contributed by atoms with Crippen molar-refractivity contribution in [3.63, 3.8) is 0 Å². The van der Waals surface area contributed by atoms with Crippen molar-refractivity contribution in [2.75, 3.05) is 74.4 Å². The number of hydrogen-bond donors (Lipinski definition) is 2. The van der Waals surface area contributed by atoms with Crippen LogP contribution in [0.25, 0.3) is 0 Å². The third kappa shape index (κ3) is 4.08. The Morgan fingerprint density at radius 1 is 1.04 bits per heavy atom. The number of methoxy groups -OCH3 is 2. The molecule has 0 radical (unpaired) electrons. The molecule has 1 aliphatic rings. The average molecular weight is 358 g/mol. The van der Waals surface area contributed by atoms with Crippen LogP contribution in [0.2, 0.25) is 0 Å². The molecule has 2 heterocycles. The van der Waals surface area contributed by atoms with Crippen LogP contribution >= 0.6 is 0 Å². The molecule has 0 saturated carbocycles. The minimum absolute atomic E-state index is 0.585. The van der Waals surface area contributed by atoms with Gasteiger partial charge in [0.2, 0.25) is 0 Å². The summed E-state index contributed by atoms with van der Waals surface area (Å²) in [4.78, 5) is 13.2. The van der Waals surface area contributed by atoms with E-state index in [1.54, 1.807) is 20.5 Å². The molecular weight excluding hydrogens is 332 g/mol. The molecule has 2 aromatic rings. The summed E-state index contributed by atoms with van der Waals surface area (Å²) < 4.78 is 10.3. The van der Waals surface area contributed by atoms with Gasteiger partial charge in [-0.3, -0.25) is 0 Å². The summed E-state index contributed by atoms with van der Waals surface area (Å²) in [7, 11) is 3.34. The fourth-order valence-electron chi connectivity index (χ4n) is 3.02. The number of aromatic nitrogens is 2. The Morgan fingerprint density at radius 2 is 1.73 bits per heavy atom. The van der Waals surface area contributed by atoms with E-state index in [9.17, 15) is 0 Å². The zero-order valence-corrected chi connectivity index (χ0v) is 15.3. The number of nitrogens with one attached hydrogen (secondary N) is 1. The summed E-state index contributed by atoms with van der Waals surface area (Å²) in [5.74, 6) is 2.31. The number of benzene rings is 1. The summed E-state index contributed by atoms with van der Waals surface area (Å²) in [6, 6.07) is 8.15. The molecule has 140 valence electrons. The Hall–Kier alpha value is -2.74. The van der Waals surface area contributed by atoms with Crippen molar-refractivity contribution in [2.24, 2.45) is 0 Å². The Morgan fingerprint density at radius 3 is 2.38 bits per heavy atom. The highest BCUT2D eigenvalue weighted by atomic mass is 16.5. The lowest BCUT2D eigenvalue weighted by atomic mass is 10.2. The number of rotatable bonds is 7. The summed E-state index contributed by atoms with van der Waals surface area (Å²) in [5.41, 5.74) is 8.06. The van der Waals surface area contributed by atoms with E-state index in [4.69, 9.17) is 15.2 Å². The second kappa shape index (κ2) is 8.57. The van der Waals surface area contributed by atoms with Crippen molar-refractivity contribution in [3.05, 3.63) is 30.6 Å². The number of anilines is 4. The first kappa shape index (κ1) is 18.1. The number of hydrogen-bond acceptors (Lipinski definition) is 8. The van der Waals surface area contributed by atoms with Gasteiger partial charge in [-0.1, -0.05) is 0 Å². The van der Waals surface area contributed by atoms with Gasteiger partial charge in [0, 0.05) is 45.5 Å². The quantitative estimate of drug-likeness (QED) is 0.719. The minimum atomic E-state index is 0.585. The maximum Gasteiger partial charge on any atom is 0.157 e. The number of nitrogens with two attached hydrogens (primary N) is 1. The van der Waals surface area contributed by atoms with Gasteiger partial charge in [0.1, 0.15) is 17.8 Å². The SMILES string of the molecule is COCCNc1ncnc(N2CCN(c3ccc(OC)cc3)CC2)c1N. The molecule has 1 aliphatic heterocycles. The van der Waals surface area contributed by atoms with Gasteiger partial charge >= 0.3 is 0 Å². The van der Waals surface area contributed by atoms with Crippen molar-refractivity contribution in [1.29, 1.82) is 0 Å². The average Bonchev–Trinajstić information content (AvgIpc) is 2.70. The van der Waals surface area contributed by atoms with Crippen LogP contribution in [0.4, 0.5) is 23.0 Å². The number of ether oxygens (including phenoxy) is 2. The molecule has 1 fully saturated rings. The highest BCUT2D eigenvalue weighted by Crippen LogP contribution is 2.28. The van der Waals surface area contributed by atoms with E-state index in [1.165, 1.54) is 5.69 Å². The summed E-state index contributed by atoms with van der Waals surface area (Å²) in [6.07, 6.45) is 1.55. The summed E-state index contributed by atoms with van der Waals surface area (Å²) in [6.45, 7) is 4.77. The first-order valence-corrected chi connectivity index (χ1v) is 8.70. The van der Waals surface area contributed by atoms with Gasteiger partial charge in [0.25, 0.3) is 0 Å². The maximum absolute atomic E-state index is 6.28. The lowest BCUT2D eigenvalue weighted by molar-refractivity contribution is 0.210. The largest absolute Gasteiger partial charge is 0.497 e. The van der Waals surface area contributed by atoms with Crippen LogP contribution in [0.3, 0.4) is 0 Å². The zero-order chi connectivity index (χ0) is 18.4. The van der Waals surface area contributed by atoms with E-state index in [1.807, 2.05) is 12.1 Å². The Balaban J connectivity index is 1.63. The molecule has 8 nitrogen and oxygen atoms in total. The highest BCUT2D eigenvalue weighted by Gasteiger charge is 2.21. The predicted molar refractivity (Wildman–Crippen MR) is 104 cm³/mol. The molecule has 0 spiro atoms. The molecule has 0 aliphatic carbocycles. The van der Waals surface area contributed by atoms with Gasteiger partial charge in [-0.2, -0.15) is 0 Å². The lowest BCUT2D eigenvalue weighted by Crippen LogP contribution is -2.47. The van der Waals surface area contributed by atoms with Gasteiger partial charge < -0.3 is 30.3 Å². The normalized spacial score (nSPS) is 14.4. The van der Waals surface area contributed by atoms with Crippen molar-refractivity contribution in [3.8, 4) is 5.75 Å². The highest BCUT2D eigenvalue weighted by molar-refractivity contribution is 5.75. The second-order valence-electron chi connectivity index (χ2n) is 6.05. The molecule has 0 atom stereocenters. The first-order chi connectivity index (χ1) is 12.7. The number of nitrogens with zero attached hydrogens (tertiary/aromatic N) is 4. The molecule has 1 aromatic carbocycles. The van der Waals surface area contributed by atoms with Gasteiger partial charge in [-0.25, -0.2) is 9.97 Å². The van der Waals surface area contributed by atoms with Crippen molar-refractivity contribution < 1.29 is 9.47 Å². The molecule has 1 aromatic heterocycles. The van der Waals surface area contributed by atoms with Crippen molar-refractivity contribution in [1.82, 2.24) is 9.97 Å². The van der Waals surface area contributed by atoms with Crippen LogP contribution in [-0.4, -0.2) is 63.5 Å². The monoisotopic (exact) mass is 358 g/mol. The minimum Gasteiger partial charge on any atom is -0.497 e. The molecular formula is C18H26N6O2. The topological polar surface area (TPSA) is 88.8 Å². The third-order valence-electron chi connectivity index (χ3n) is 4.48. The van der Waals surface area contributed by atoms with E-state index in [0.717, 1.165) is 37.7 Å². The molecule has 3 rings (SSSR count). The van der Waals surface area contributed by atoms with Crippen LogP contribution in [0.1, 0.15) is 0 Å². The van der Waals surface area contributed by atoms with E-state index in [0.29, 0.717) is 24.7 Å². The summed E-state index contributed by atoms with van der Waals surface area (Å²) >= 11 is 0. The molecule has 8 heteroatoms. The van der Waals surface area contributed by atoms with Crippen LogP contribution in [0.15, 0.2) is 30.6 Å². The van der Waals surface area contributed by atoms with Crippen LogP contribution in [-0.2, 0) is 4.74 Å². The van der Waals surface area contributed by atoms with Crippen LogP contribution in [0.5, 0.6) is 5.75 Å². The number of piperazine rings is 1. The Labute approximate surface area is 153 Å². The smallest absolute Gasteiger partial charge is 0.157 e. The van der Waals surface area contributed by atoms with E-state index < -0.39 is 0 Å². The summed E-state index contributed by atoms with van der Waals surface area (Å²) in [5, 5.41) is 3.19. The molecule has 3 N–H and O–H groups in total. The third-order valence-corrected chi connectivity index (χ3v) is 4.48. The maximum atomic E-state index is 6.28. The standard InChI is InChI=1S/C18H26N6O2/c1-25-12-7-20-17-16(19)18(22-13-21-17)24-10-8-23(9-11-24)14-3-5-15(26-2)6-4-14/h3-6,13H,7-12,19H2,1-2H3,(H,20,21,22). The first-order valence-electron chi connectivity index (χ1n) is 8.70. The van der Waals surface area contributed by atoms with E-state index in [-0.39, 0.29) is 0 Å². The van der Waals surface area contributed by atoms with Gasteiger partial charge in [-0.15, -0.1) is 0 Å². The molecule has 0 unspecified atom stereocenters. The van der Waals surface area contributed by atoms with Gasteiger partial charge in [-0.05, 0) is 24.3 Å². The lowest BCUT2D eigenvalue weighted by Gasteiger charge is -2.37. The van der Waals surface area contributed by atoms with Gasteiger partial charge in [0.05, 0.1) is 13.7 Å². The van der Waals surface area contributed by atoms with E-state index in [2.05, 4.69) is 37.2 Å². The molecule has 1 saturated heterocycles. The Kier molecular flexibility index (Phi) is 5.96. The molecule has 26 heavy (non-hydrogen) atoms. The van der Waals surface area contributed by atoms with Crippen molar-refractivity contribution in [2.45, 2.75) is 0 Å². The zero-order valence-electron chi connectivity index (χ0n) is 15.3. The molecule has 0 amide bonds. The predicted octanol–water partition coefficient (Wildman–Crippen LogP) is 1.45. The van der Waals surface area contributed by atoms with Crippen molar-refractivity contribution >= 4 is 23.0 Å². The van der Waals surface area contributed by atoms with Gasteiger partial charge in [0.15, 0.2) is 11.6 Å². The van der Waals surface area contributed by atoms with Crippen LogP contribution in [0, 0.1) is 0 Å². The fourth-order valence-corrected chi connectivity index (χ4v) is 3.02. The fraction of sp³-hybridized carbons (Fsp3) is 0.444. The van der Waals surface area contributed by atoms with E-state index >= 15 is 0 Å². The Bertz CT molecular complexity index is 701. The van der Waals surface area contributed by atoms with Crippen LogP contribution < -0.4 is 25.6 Å². The second-order valence-corrected chi connectivity index (χ2v) is 6.05. The number of nitrogen functional groups attached to an aromatic ring is 1.